The van der Waals surface area contributed by atoms with Crippen molar-refractivity contribution in [1.82, 2.24) is 9.88 Å². The number of ether oxygens (including phenoxy) is 1. The molecule has 0 aliphatic carbocycles. The molecule has 0 spiro atoms. The molecule has 0 atom stereocenters. The van der Waals surface area contributed by atoms with Gasteiger partial charge in [0, 0.05) is 37.9 Å². The monoisotopic (exact) mass is 374 g/mol. The standard InChI is InChI=1S/C24H26N2O2/c1-26-21(19-8-4-2-5-9-19)12-13-22(26)23(27)25-18-24(14-16-28-17-15-24)20-10-6-3-7-11-20/h2-13H,14-18H2,1H3,(H,25,27). The summed E-state index contributed by atoms with van der Waals surface area (Å²) in [6.45, 7) is 2.07. The van der Waals surface area contributed by atoms with E-state index in [1.54, 1.807) is 0 Å². The first-order valence-electron chi connectivity index (χ1n) is 9.82. The molecular weight excluding hydrogens is 348 g/mol. The molecule has 4 nitrogen and oxygen atoms in total. The highest BCUT2D eigenvalue weighted by atomic mass is 16.5. The number of aromatic nitrogens is 1. The third-order valence-corrected chi connectivity index (χ3v) is 5.85. The van der Waals surface area contributed by atoms with Crippen molar-refractivity contribution in [3.8, 4) is 11.3 Å². The van der Waals surface area contributed by atoms with Crippen LogP contribution >= 0.6 is 0 Å². The lowest BCUT2D eigenvalue weighted by atomic mass is 9.74. The summed E-state index contributed by atoms with van der Waals surface area (Å²) in [6.07, 6.45) is 1.83. The van der Waals surface area contributed by atoms with Gasteiger partial charge in [0.25, 0.3) is 5.91 Å². The predicted octanol–water partition coefficient (Wildman–Crippen LogP) is 4.17. The molecule has 0 unspecified atom stereocenters. The molecule has 2 aromatic carbocycles. The van der Waals surface area contributed by atoms with Gasteiger partial charge >= 0.3 is 0 Å². The van der Waals surface area contributed by atoms with Gasteiger partial charge in [-0.05, 0) is 36.1 Å². The van der Waals surface area contributed by atoms with Gasteiger partial charge in [0.1, 0.15) is 5.69 Å². The maximum absolute atomic E-state index is 13.0. The minimum Gasteiger partial charge on any atom is -0.381 e. The highest BCUT2D eigenvalue weighted by molar-refractivity contribution is 5.94. The van der Waals surface area contributed by atoms with Crippen LogP contribution in [0.3, 0.4) is 0 Å². The third kappa shape index (κ3) is 3.60. The van der Waals surface area contributed by atoms with E-state index in [0.29, 0.717) is 12.2 Å². The van der Waals surface area contributed by atoms with Crippen LogP contribution in [0, 0.1) is 0 Å². The molecule has 144 valence electrons. The molecule has 1 aliphatic heterocycles. The fraction of sp³-hybridized carbons (Fsp3) is 0.292. The Morgan fingerprint density at radius 1 is 0.964 bits per heavy atom. The molecule has 0 saturated carbocycles. The highest BCUT2D eigenvalue weighted by Crippen LogP contribution is 2.34. The van der Waals surface area contributed by atoms with Gasteiger partial charge in [0.05, 0.1) is 0 Å². The number of hydrogen-bond donors (Lipinski definition) is 1. The van der Waals surface area contributed by atoms with E-state index in [9.17, 15) is 4.79 Å². The summed E-state index contributed by atoms with van der Waals surface area (Å²) in [5.74, 6) is -0.0357. The first-order chi connectivity index (χ1) is 13.7. The molecule has 4 heteroatoms. The van der Waals surface area contributed by atoms with E-state index >= 15 is 0 Å². The van der Waals surface area contributed by atoms with E-state index in [2.05, 4.69) is 41.7 Å². The maximum atomic E-state index is 13.0. The largest absolute Gasteiger partial charge is 0.381 e. The molecule has 28 heavy (non-hydrogen) atoms. The summed E-state index contributed by atoms with van der Waals surface area (Å²) < 4.78 is 7.55. The van der Waals surface area contributed by atoms with E-state index in [0.717, 1.165) is 37.3 Å². The van der Waals surface area contributed by atoms with Gasteiger partial charge in [0.2, 0.25) is 0 Å². The van der Waals surface area contributed by atoms with E-state index < -0.39 is 0 Å². The van der Waals surface area contributed by atoms with Crippen LogP contribution in [0.4, 0.5) is 0 Å². The number of carbonyl (C=O) groups is 1. The van der Waals surface area contributed by atoms with Crippen LogP contribution in [-0.4, -0.2) is 30.2 Å². The van der Waals surface area contributed by atoms with Crippen LogP contribution in [0.15, 0.2) is 72.8 Å². The Morgan fingerprint density at radius 3 is 2.29 bits per heavy atom. The van der Waals surface area contributed by atoms with Gasteiger partial charge < -0.3 is 14.6 Å². The summed E-state index contributed by atoms with van der Waals surface area (Å²) in [7, 11) is 1.94. The zero-order chi connectivity index (χ0) is 19.4. The Labute approximate surface area is 166 Å². The van der Waals surface area contributed by atoms with Crippen molar-refractivity contribution < 1.29 is 9.53 Å². The van der Waals surface area contributed by atoms with Gasteiger partial charge in [-0.1, -0.05) is 60.7 Å². The zero-order valence-electron chi connectivity index (χ0n) is 16.2. The molecule has 1 saturated heterocycles. The first kappa shape index (κ1) is 18.5. The van der Waals surface area contributed by atoms with Gasteiger partial charge in [-0.3, -0.25) is 4.79 Å². The average Bonchev–Trinajstić information content (AvgIpc) is 3.15. The van der Waals surface area contributed by atoms with Gasteiger partial charge in [-0.15, -0.1) is 0 Å². The van der Waals surface area contributed by atoms with Crippen LogP contribution in [0.25, 0.3) is 11.3 Å². The second-order valence-electron chi connectivity index (χ2n) is 7.47. The Morgan fingerprint density at radius 2 is 1.61 bits per heavy atom. The second kappa shape index (κ2) is 8.03. The smallest absolute Gasteiger partial charge is 0.267 e. The van der Waals surface area contributed by atoms with Crippen LogP contribution in [-0.2, 0) is 17.2 Å². The molecule has 1 aromatic heterocycles. The van der Waals surface area contributed by atoms with Gasteiger partial charge in [-0.2, -0.15) is 0 Å². The fourth-order valence-corrected chi connectivity index (χ4v) is 4.10. The van der Waals surface area contributed by atoms with Crippen molar-refractivity contribution in [1.29, 1.82) is 0 Å². The lowest BCUT2D eigenvalue weighted by Crippen LogP contribution is -2.44. The Bertz CT molecular complexity index is 926. The van der Waals surface area contributed by atoms with Crippen molar-refractivity contribution in [3.63, 3.8) is 0 Å². The maximum Gasteiger partial charge on any atom is 0.267 e. The molecule has 0 bridgehead atoms. The molecule has 4 rings (SSSR count). The number of hydrogen-bond acceptors (Lipinski definition) is 2. The second-order valence-corrected chi connectivity index (χ2v) is 7.47. The van der Waals surface area contributed by atoms with Crippen molar-refractivity contribution >= 4 is 5.91 Å². The summed E-state index contributed by atoms with van der Waals surface area (Å²) in [6, 6.07) is 24.5. The van der Waals surface area contributed by atoms with Crippen LogP contribution in [0.1, 0.15) is 28.9 Å². The third-order valence-electron chi connectivity index (χ3n) is 5.85. The Balaban J connectivity index is 1.53. The SMILES string of the molecule is Cn1c(C(=O)NCC2(c3ccccc3)CCOCC2)ccc1-c1ccccc1. The number of carbonyl (C=O) groups excluding carboxylic acids is 1. The van der Waals surface area contributed by atoms with Crippen LogP contribution in [0.5, 0.6) is 0 Å². The highest BCUT2D eigenvalue weighted by Gasteiger charge is 2.35. The number of nitrogens with zero attached hydrogens (tertiary/aromatic N) is 1. The molecule has 1 N–H and O–H groups in total. The molecule has 1 amide bonds. The van der Waals surface area contributed by atoms with E-state index in [1.165, 1.54) is 5.56 Å². The van der Waals surface area contributed by atoms with E-state index in [1.807, 2.05) is 48.0 Å². The molecule has 2 heterocycles. The minimum absolute atomic E-state index is 0.0357. The molecule has 0 radical (unpaired) electrons. The quantitative estimate of drug-likeness (QED) is 0.728. The molecule has 1 fully saturated rings. The summed E-state index contributed by atoms with van der Waals surface area (Å²) in [4.78, 5) is 13.0. The van der Waals surface area contributed by atoms with Crippen molar-refractivity contribution in [2.75, 3.05) is 19.8 Å². The molecular formula is C24H26N2O2. The van der Waals surface area contributed by atoms with E-state index in [4.69, 9.17) is 4.74 Å². The minimum atomic E-state index is -0.0669. The molecule has 3 aromatic rings. The number of benzene rings is 2. The number of rotatable bonds is 5. The molecule has 1 aliphatic rings. The fourth-order valence-electron chi connectivity index (χ4n) is 4.10. The van der Waals surface area contributed by atoms with Gasteiger partial charge in [-0.25, -0.2) is 0 Å². The van der Waals surface area contributed by atoms with Crippen LogP contribution in [0.2, 0.25) is 0 Å². The summed E-state index contributed by atoms with van der Waals surface area (Å²) in [5.41, 5.74) is 4.02. The van der Waals surface area contributed by atoms with Crippen molar-refractivity contribution in [2.45, 2.75) is 18.3 Å². The number of amides is 1. The predicted molar refractivity (Wildman–Crippen MR) is 111 cm³/mol. The normalized spacial score (nSPS) is 15.9. The number of nitrogens with one attached hydrogen (secondary N) is 1. The van der Waals surface area contributed by atoms with Crippen LogP contribution < -0.4 is 5.32 Å². The Hall–Kier alpha value is -2.85. The summed E-state index contributed by atoms with van der Waals surface area (Å²) in [5, 5.41) is 3.20. The first-order valence-corrected chi connectivity index (χ1v) is 9.82. The Kier molecular flexibility index (Phi) is 5.31. The summed E-state index contributed by atoms with van der Waals surface area (Å²) >= 11 is 0. The van der Waals surface area contributed by atoms with E-state index in [-0.39, 0.29) is 11.3 Å². The van der Waals surface area contributed by atoms with Crippen molar-refractivity contribution in [3.05, 3.63) is 84.1 Å². The topological polar surface area (TPSA) is 43.3 Å². The zero-order valence-corrected chi connectivity index (χ0v) is 16.2. The van der Waals surface area contributed by atoms with Crippen molar-refractivity contribution in [2.24, 2.45) is 7.05 Å². The van der Waals surface area contributed by atoms with Gasteiger partial charge in [0.15, 0.2) is 0 Å². The lowest BCUT2D eigenvalue weighted by molar-refractivity contribution is 0.0486. The average molecular weight is 374 g/mol. The lowest BCUT2D eigenvalue weighted by Gasteiger charge is -2.38.